The zero-order valence-corrected chi connectivity index (χ0v) is 14.6. The molecule has 0 aliphatic rings. The first-order valence-electron chi connectivity index (χ1n) is 8.32. The molecule has 2 aromatic rings. The predicted octanol–water partition coefficient (Wildman–Crippen LogP) is 2.24. The van der Waals surface area contributed by atoms with Crippen molar-refractivity contribution in [1.82, 2.24) is 15.1 Å². The van der Waals surface area contributed by atoms with Crippen molar-refractivity contribution in [1.29, 1.82) is 0 Å². The Labute approximate surface area is 142 Å². The molecule has 0 bridgehead atoms. The lowest BCUT2D eigenvalue weighted by Crippen LogP contribution is -2.26. The molecule has 0 fully saturated rings. The first kappa shape index (κ1) is 18.0. The zero-order chi connectivity index (χ0) is 17.5. The molecular weight excluding hydrogens is 304 g/mol. The largest absolute Gasteiger partial charge is 0.395 e. The monoisotopic (exact) mass is 330 g/mol. The van der Waals surface area contributed by atoms with Crippen molar-refractivity contribution < 1.29 is 9.90 Å². The Morgan fingerprint density at radius 1 is 1.33 bits per heavy atom. The van der Waals surface area contributed by atoms with Gasteiger partial charge in [0.25, 0.3) is 5.91 Å². The summed E-state index contributed by atoms with van der Waals surface area (Å²) in [7, 11) is 0. The molecule has 0 aliphatic carbocycles. The molecule has 0 saturated carbocycles. The molecule has 0 unspecified atom stereocenters. The van der Waals surface area contributed by atoms with Crippen molar-refractivity contribution in [3.05, 3.63) is 46.8 Å². The van der Waals surface area contributed by atoms with E-state index in [0.29, 0.717) is 12.1 Å². The van der Waals surface area contributed by atoms with Crippen LogP contribution < -0.4 is 10.6 Å². The summed E-state index contributed by atoms with van der Waals surface area (Å²) >= 11 is 0. The Bertz CT molecular complexity index is 694. The highest BCUT2D eigenvalue weighted by molar-refractivity contribution is 5.95. The molecule has 2 rings (SSSR count). The molecule has 0 atom stereocenters. The summed E-state index contributed by atoms with van der Waals surface area (Å²) in [6, 6.07) is 7.35. The number of aryl methyl sites for hydroxylation is 2. The van der Waals surface area contributed by atoms with Crippen molar-refractivity contribution in [2.45, 2.75) is 40.3 Å². The van der Waals surface area contributed by atoms with Crippen LogP contribution in [0.4, 0.5) is 5.69 Å². The molecule has 1 aromatic heterocycles. The molecule has 1 amide bonds. The van der Waals surface area contributed by atoms with Crippen LogP contribution in [0.1, 0.15) is 40.7 Å². The van der Waals surface area contributed by atoms with Gasteiger partial charge >= 0.3 is 0 Å². The van der Waals surface area contributed by atoms with Crippen LogP contribution in [0.25, 0.3) is 0 Å². The minimum absolute atomic E-state index is 0.0655. The zero-order valence-electron chi connectivity index (χ0n) is 14.6. The van der Waals surface area contributed by atoms with Gasteiger partial charge in [-0.1, -0.05) is 13.0 Å². The Kier molecular flexibility index (Phi) is 6.37. The van der Waals surface area contributed by atoms with Crippen molar-refractivity contribution in [3.8, 4) is 0 Å². The number of rotatable bonds is 8. The summed E-state index contributed by atoms with van der Waals surface area (Å²) in [5.41, 5.74) is 4.86. The van der Waals surface area contributed by atoms with Gasteiger partial charge in [-0.3, -0.25) is 9.48 Å². The highest BCUT2D eigenvalue weighted by Crippen LogP contribution is 2.17. The minimum atomic E-state index is -0.184. The molecule has 1 heterocycles. The highest BCUT2D eigenvalue weighted by atomic mass is 16.3. The van der Waals surface area contributed by atoms with E-state index in [1.165, 1.54) is 11.3 Å². The molecular formula is C18H26N4O2. The lowest BCUT2D eigenvalue weighted by Gasteiger charge is -2.09. The van der Waals surface area contributed by atoms with Crippen LogP contribution >= 0.6 is 0 Å². The number of aliphatic hydroxyl groups is 1. The predicted molar refractivity (Wildman–Crippen MR) is 95.2 cm³/mol. The Hall–Kier alpha value is -2.34. The van der Waals surface area contributed by atoms with Gasteiger partial charge in [0.05, 0.1) is 12.3 Å². The number of carbonyl (C=O) groups excluding carboxylic acids is 1. The van der Waals surface area contributed by atoms with Crippen molar-refractivity contribution in [3.63, 3.8) is 0 Å². The number of aliphatic hydroxyl groups excluding tert-OH is 1. The lowest BCUT2D eigenvalue weighted by molar-refractivity contribution is 0.0945. The van der Waals surface area contributed by atoms with Gasteiger partial charge in [-0.2, -0.15) is 5.10 Å². The average Bonchev–Trinajstić information content (AvgIpc) is 2.85. The molecule has 0 saturated heterocycles. The Morgan fingerprint density at radius 2 is 2.12 bits per heavy atom. The highest BCUT2D eigenvalue weighted by Gasteiger charge is 2.11. The van der Waals surface area contributed by atoms with Crippen LogP contribution in [0.15, 0.2) is 24.3 Å². The third-order valence-electron chi connectivity index (χ3n) is 3.96. The first-order valence-corrected chi connectivity index (χ1v) is 8.32. The maximum absolute atomic E-state index is 12.0. The van der Waals surface area contributed by atoms with Gasteiger partial charge in [-0.05, 0) is 38.5 Å². The number of hydrogen-bond donors (Lipinski definition) is 3. The smallest absolute Gasteiger partial charge is 0.251 e. The quantitative estimate of drug-likeness (QED) is 0.693. The number of anilines is 1. The van der Waals surface area contributed by atoms with Gasteiger partial charge in [0.1, 0.15) is 0 Å². The van der Waals surface area contributed by atoms with Crippen LogP contribution in [-0.2, 0) is 13.1 Å². The van der Waals surface area contributed by atoms with Crippen molar-refractivity contribution >= 4 is 11.6 Å². The average molecular weight is 330 g/mol. The molecule has 1 aromatic carbocycles. The van der Waals surface area contributed by atoms with Crippen molar-refractivity contribution in [2.75, 3.05) is 18.5 Å². The number of hydrogen-bond acceptors (Lipinski definition) is 4. The SMILES string of the molecule is CCCn1nc(C)c(CNc2cccc(C(=O)NCCO)c2)c1C. The van der Waals surface area contributed by atoms with E-state index in [2.05, 4.69) is 29.6 Å². The Balaban J connectivity index is 2.06. The fourth-order valence-corrected chi connectivity index (χ4v) is 2.65. The summed E-state index contributed by atoms with van der Waals surface area (Å²) in [6.45, 7) is 8.04. The van der Waals surface area contributed by atoms with E-state index in [0.717, 1.165) is 24.3 Å². The third kappa shape index (κ3) is 4.35. The van der Waals surface area contributed by atoms with Gasteiger partial charge < -0.3 is 15.7 Å². The second-order valence-corrected chi connectivity index (χ2v) is 5.79. The van der Waals surface area contributed by atoms with E-state index < -0.39 is 0 Å². The maximum atomic E-state index is 12.0. The summed E-state index contributed by atoms with van der Waals surface area (Å²) < 4.78 is 2.05. The lowest BCUT2D eigenvalue weighted by atomic mass is 10.1. The van der Waals surface area contributed by atoms with Gasteiger partial charge in [0.2, 0.25) is 0 Å². The summed E-state index contributed by atoms with van der Waals surface area (Å²) in [6.07, 6.45) is 1.06. The summed E-state index contributed by atoms with van der Waals surface area (Å²) in [4.78, 5) is 12.0. The van der Waals surface area contributed by atoms with Crippen molar-refractivity contribution in [2.24, 2.45) is 0 Å². The first-order chi connectivity index (χ1) is 11.6. The molecule has 0 radical (unpaired) electrons. The van der Waals surface area contributed by atoms with E-state index in [1.807, 2.05) is 29.8 Å². The second kappa shape index (κ2) is 8.49. The molecule has 0 spiro atoms. The van der Waals surface area contributed by atoms with E-state index in [4.69, 9.17) is 5.11 Å². The van der Waals surface area contributed by atoms with Crippen LogP contribution in [0, 0.1) is 13.8 Å². The molecule has 6 nitrogen and oxygen atoms in total. The fourth-order valence-electron chi connectivity index (χ4n) is 2.65. The normalized spacial score (nSPS) is 10.7. The van der Waals surface area contributed by atoms with Gasteiger partial charge in [-0.25, -0.2) is 0 Å². The number of nitrogens with one attached hydrogen (secondary N) is 2. The third-order valence-corrected chi connectivity index (χ3v) is 3.96. The van der Waals surface area contributed by atoms with Gasteiger partial charge in [0.15, 0.2) is 0 Å². The van der Waals surface area contributed by atoms with Crippen LogP contribution in [0.5, 0.6) is 0 Å². The molecule has 0 aliphatic heterocycles. The number of benzene rings is 1. The molecule has 3 N–H and O–H groups in total. The second-order valence-electron chi connectivity index (χ2n) is 5.79. The van der Waals surface area contributed by atoms with E-state index in [9.17, 15) is 4.79 Å². The van der Waals surface area contributed by atoms with Gasteiger partial charge in [-0.15, -0.1) is 0 Å². The Morgan fingerprint density at radius 3 is 2.83 bits per heavy atom. The summed E-state index contributed by atoms with van der Waals surface area (Å²) in [5, 5.41) is 19.4. The number of carbonyl (C=O) groups is 1. The standard InChI is InChI=1S/C18H26N4O2/c1-4-9-22-14(3)17(13(2)21-22)12-20-16-7-5-6-15(11-16)18(24)19-8-10-23/h5-7,11,20,23H,4,8-10,12H2,1-3H3,(H,19,24). The van der Waals surface area contributed by atoms with Crippen LogP contribution in [0.3, 0.4) is 0 Å². The molecule has 130 valence electrons. The number of aromatic nitrogens is 2. The van der Waals surface area contributed by atoms with E-state index in [1.54, 1.807) is 6.07 Å². The molecule has 6 heteroatoms. The molecule has 24 heavy (non-hydrogen) atoms. The van der Waals surface area contributed by atoms with E-state index in [-0.39, 0.29) is 19.1 Å². The number of amides is 1. The topological polar surface area (TPSA) is 79.2 Å². The summed E-state index contributed by atoms with van der Waals surface area (Å²) in [5.74, 6) is -0.184. The van der Waals surface area contributed by atoms with Gasteiger partial charge in [0, 0.05) is 42.1 Å². The fraction of sp³-hybridized carbons (Fsp3) is 0.444. The minimum Gasteiger partial charge on any atom is -0.395 e. The number of nitrogens with zero attached hydrogens (tertiary/aromatic N) is 2. The van der Waals surface area contributed by atoms with Crippen LogP contribution in [0.2, 0.25) is 0 Å². The maximum Gasteiger partial charge on any atom is 0.251 e. The van der Waals surface area contributed by atoms with E-state index >= 15 is 0 Å². The van der Waals surface area contributed by atoms with Crippen LogP contribution in [-0.4, -0.2) is 33.9 Å².